The van der Waals surface area contributed by atoms with Crippen molar-refractivity contribution in [2.45, 2.75) is 39.7 Å². The Bertz CT molecular complexity index is 296. The minimum absolute atomic E-state index is 0.106. The second kappa shape index (κ2) is 3.99. The summed E-state index contributed by atoms with van der Waals surface area (Å²) in [7, 11) is 0. The van der Waals surface area contributed by atoms with Crippen molar-refractivity contribution in [3.63, 3.8) is 0 Å². The van der Waals surface area contributed by atoms with Crippen LogP contribution < -0.4 is 0 Å². The Morgan fingerprint density at radius 2 is 1.79 bits per heavy atom. The van der Waals surface area contributed by atoms with E-state index < -0.39 is 0 Å². The highest BCUT2D eigenvalue weighted by atomic mass is 16.1. The minimum atomic E-state index is -0.106. The van der Waals surface area contributed by atoms with E-state index in [-0.39, 0.29) is 11.5 Å². The van der Waals surface area contributed by atoms with E-state index in [1.165, 1.54) is 0 Å². The Hall–Kier alpha value is -1.05. The van der Waals surface area contributed by atoms with Gasteiger partial charge < -0.3 is 4.57 Å². The first kappa shape index (κ1) is 11.0. The molecule has 0 aliphatic heterocycles. The molecule has 1 aromatic heterocycles. The van der Waals surface area contributed by atoms with Gasteiger partial charge in [-0.1, -0.05) is 13.8 Å². The van der Waals surface area contributed by atoms with Crippen LogP contribution in [0.15, 0.2) is 24.5 Å². The molecule has 1 aromatic rings. The number of nitrogens with zero attached hydrogens (tertiary/aromatic N) is 1. The summed E-state index contributed by atoms with van der Waals surface area (Å²) < 4.78 is 2.09. The van der Waals surface area contributed by atoms with Gasteiger partial charge >= 0.3 is 0 Å². The van der Waals surface area contributed by atoms with Crippen molar-refractivity contribution in [3.05, 3.63) is 24.5 Å². The minimum Gasteiger partial charge on any atom is -0.348 e. The molecule has 2 nitrogen and oxygen atoms in total. The van der Waals surface area contributed by atoms with Crippen LogP contribution in [0.4, 0.5) is 0 Å². The van der Waals surface area contributed by atoms with Gasteiger partial charge in [-0.3, -0.25) is 4.79 Å². The Labute approximate surface area is 85.9 Å². The van der Waals surface area contributed by atoms with Crippen molar-refractivity contribution >= 4 is 5.78 Å². The molecule has 14 heavy (non-hydrogen) atoms. The van der Waals surface area contributed by atoms with Crippen molar-refractivity contribution in [1.29, 1.82) is 0 Å². The molecule has 0 fully saturated rings. The standard InChI is InChI=1S/C12H19NO/c1-10(2)11(14)9-12(3,4)13-7-5-6-8-13/h5-8,10H,9H2,1-4H3. The molecule has 2 heteroatoms. The van der Waals surface area contributed by atoms with Gasteiger partial charge in [-0.2, -0.15) is 0 Å². The Morgan fingerprint density at radius 3 is 2.21 bits per heavy atom. The van der Waals surface area contributed by atoms with E-state index in [0.29, 0.717) is 12.2 Å². The van der Waals surface area contributed by atoms with Gasteiger partial charge in [0.1, 0.15) is 5.78 Å². The third-order valence-corrected chi connectivity index (χ3v) is 2.55. The molecule has 0 unspecified atom stereocenters. The summed E-state index contributed by atoms with van der Waals surface area (Å²) in [5.41, 5.74) is -0.106. The summed E-state index contributed by atoms with van der Waals surface area (Å²) in [4.78, 5) is 11.6. The average molecular weight is 193 g/mol. The normalized spacial score (nSPS) is 12.1. The molecule has 0 aromatic carbocycles. The Kier molecular flexibility index (Phi) is 3.14. The van der Waals surface area contributed by atoms with Crippen LogP contribution in [-0.2, 0) is 10.3 Å². The molecule has 0 atom stereocenters. The van der Waals surface area contributed by atoms with E-state index >= 15 is 0 Å². The second-order valence-corrected chi connectivity index (χ2v) is 4.70. The first-order chi connectivity index (χ1) is 6.43. The summed E-state index contributed by atoms with van der Waals surface area (Å²) in [6, 6.07) is 3.98. The van der Waals surface area contributed by atoms with E-state index in [1.807, 2.05) is 38.4 Å². The molecule has 0 aliphatic rings. The van der Waals surface area contributed by atoms with Gasteiger partial charge in [0.2, 0.25) is 0 Å². The highest BCUT2D eigenvalue weighted by Crippen LogP contribution is 2.21. The van der Waals surface area contributed by atoms with Crippen molar-refractivity contribution < 1.29 is 4.79 Å². The van der Waals surface area contributed by atoms with Crippen LogP contribution in [0.25, 0.3) is 0 Å². The van der Waals surface area contributed by atoms with Crippen molar-refractivity contribution in [3.8, 4) is 0 Å². The van der Waals surface area contributed by atoms with Crippen LogP contribution >= 0.6 is 0 Å². The molecule has 0 spiro atoms. The largest absolute Gasteiger partial charge is 0.348 e. The zero-order chi connectivity index (χ0) is 10.8. The number of hydrogen-bond acceptors (Lipinski definition) is 1. The lowest BCUT2D eigenvalue weighted by Gasteiger charge is -2.27. The lowest BCUT2D eigenvalue weighted by atomic mass is 9.92. The highest BCUT2D eigenvalue weighted by Gasteiger charge is 2.24. The van der Waals surface area contributed by atoms with Gasteiger partial charge in [0.15, 0.2) is 0 Å². The topological polar surface area (TPSA) is 22.0 Å². The predicted octanol–water partition coefficient (Wildman–Crippen LogP) is 2.84. The maximum atomic E-state index is 11.6. The van der Waals surface area contributed by atoms with E-state index in [4.69, 9.17) is 0 Å². The number of aromatic nitrogens is 1. The Morgan fingerprint density at radius 1 is 1.29 bits per heavy atom. The lowest BCUT2D eigenvalue weighted by Crippen LogP contribution is -2.29. The van der Waals surface area contributed by atoms with Gasteiger partial charge in [0.05, 0.1) is 0 Å². The first-order valence-corrected chi connectivity index (χ1v) is 5.09. The molecule has 78 valence electrons. The van der Waals surface area contributed by atoms with Crippen molar-refractivity contribution in [1.82, 2.24) is 4.57 Å². The van der Waals surface area contributed by atoms with Crippen LogP contribution in [0.2, 0.25) is 0 Å². The zero-order valence-corrected chi connectivity index (χ0v) is 9.45. The zero-order valence-electron chi connectivity index (χ0n) is 9.45. The number of Topliss-reactive ketones (excluding diaryl/α,β-unsaturated/α-hetero) is 1. The summed E-state index contributed by atoms with van der Waals surface area (Å²) in [6.45, 7) is 8.09. The van der Waals surface area contributed by atoms with Gasteiger partial charge in [0.25, 0.3) is 0 Å². The third-order valence-electron chi connectivity index (χ3n) is 2.55. The van der Waals surface area contributed by atoms with Crippen LogP contribution in [0.3, 0.4) is 0 Å². The third kappa shape index (κ3) is 2.47. The molecule has 0 bridgehead atoms. The quantitative estimate of drug-likeness (QED) is 0.720. The fourth-order valence-corrected chi connectivity index (χ4v) is 1.46. The molecule has 0 radical (unpaired) electrons. The molecule has 0 aliphatic carbocycles. The van der Waals surface area contributed by atoms with Gasteiger partial charge in [-0.05, 0) is 26.0 Å². The molecular formula is C12H19NO. The first-order valence-electron chi connectivity index (χ1n) is 5.09. The lowest BCUT2D eigenvalue weighted by molar-refractivity contribution is -0.123. The fraction of sp³-hybridized carbons (Fsp3) is 0.583. The number of carbonyl (C=O) groups excluding carboxylic acids is 1. The smallest absolute Gasteiger partial charge is 0.137 e. The number of rotatable bonds is 4. The molecule has 1 rings (SSSR count). The van der Waals surface area contributed by atoms with Crippen LogP contribution in [0, 0.1) is 5.92 Å². The van der Waals surface area contributed by atoms with Gasteiger partial charge in [-0.15, -0.1) is 0 Å². The van der Waals surface area contributed by atoms with E-state index in [1.54, 1.807) is 0 Å². The fourth-order valence-electron chi connectivity index (χ4n) is 1.46. The van der Waals surface area contributed by atoms with Crippen LogP contribution in [0.1, 0.15) is 34.1 Å². The maximum absolute atomic E-state index is 11.6. The van der Waals surface area contributed by atoms with E-state index in [2.05, 4.69) is 18.4 Å². The summed E-state index contributed by atoms with van der Waals surface area (Å²) in [6.07, 6.45) is 4.61. The number of ketones is 1. The Balaban J connectivity index is 2.72. The molecule has 0 saturated heterocycles. The molecule has 1 heterocycles. The summed E-state index contributed by atoms with van der Waals surface area (Å²) >= 11 is 0. The van der Waals surface area contributed by atoms with Gasteiger partial charge in [0, 0.05) is 30.3 Å². The van der Waals surface area contributed by atoms with E-state index in [0.717, 1.165) is 0 Å². The highest BCUT2D eigenvalue weighted by molar-refractivity contribution is 5.81. The summed E-state index contributed by atoms with van der Waals surface area (Å²) in [5.74, 6) is 0.452. The number of carbonyl (C=O) groups is 1. The van der Waals surface area contributed by atoms with Gasteiger partial charge in [-0.25, -0.2) is 0 Å². The molecule has 0 amide bonds. The monoisotopic (exact) mass is 193 g/mol. The van der Waals surface area contributed by atoms with Crippen LogP contribution in [-0.4, -0.2) is 10.4 Å². The predicted molar refractivity (Wildman–Crippen MR) is 58.2 cm³/mol. The second-order valence-electron chi connectivity index (χ2n) is 4.70. The van der Waals surface area contributed by atoms with Crippen molar-refractivity contribution in [2.75, 3.05) is 0 Å². The maximum Gasteiger partial charge on any atom is 0.137 e. The van der Waals surface area contributed by atoms with Crippen molar-refractivity contribution in [2.24, 2.45) is 5.92 Å². The molecule has 0 saturated carbocycles. The summed E-state index contributed by atoms with van der Waals surface area (Å²) in [5, 5.41) is 0. The number of hydrogen-bond donors (Lipinski definition) is 0. The average Bonchev–Trinajstić information content (AvgIpc) is 2.54. The van der Waals surface area contributed by atoms with E-state index in [9.17, 15) is 4.79 Å². The van der Waals surface area contributed by atoms with Crippen LogP contribution in [0.5, 0.6) is 0 Å². The SMILES string of the molecule is CC(C)C(=O)CC(C)(C)n1cccc1. The molecule has 0 N–H and O–H groups in total. The molecular weight excluding hydrogens is 174 g/mol.